The van der Waals surface area contributed by atoms with E-state index < -0.39 is 5.60 Å². The third-order valence-electron chi connectivity index (χ3n) is 2.46. The van der Waals surface area contributed by atoms with E-state index in [0.29, 0.717) is 0 Å². The van der Waals surface area contributed by atoms with E-state index in [1.54, 1.807) is 19.9 Å². The molecule has 0 heterocycles. The summed E-state index contributed by atoms with van der Waals surface area (Å²) >= 11 is 0. The van der Waals surface area contributed by atoms with Gasteiger partial charge in [-0.25, -0.2) is 4.39 Å². The second-order valence-electron chi connectivity index (χ2n) is 5.26. The Bertz CT molecular complexity index is 419. The maximum Gasteiger partial charge on any atom is 0.313 e. The summed E-state index contributed by atoms with van der Waals surface area (Å²) in [6, 6.07) is 4.43. The number of hydrogen-bond acceptors (Lipinski definition) is 2. The van der Waals surface area contributed by atoms with Gasteiger partial charge < -0.3 is 4.74 Å². The Morgan fingerprint density at radius 3 is 2.41 bits per heavy atom. The molecule has 1 atom stereocenters. The van der Waals surface area contributed by atoms with Gasteiger partial charge in [-0.3, -0.25) is 4.79 Å². The van der Waals surface area contributed by atoms with Crippen molar-refractivity contribution in [1.29, 1.82) is 0 Å². The molecule has 1 unspecified atom stereocenters. The highest BCUT2D eigenvalue weighted by Gasteiger charge is 2.23. The molecule has 0 bridgehead atoms. The molecular weight excluding hydrogens is 219 g/mol. The molecule has 0 aliphatic heterocycles. The van der Waals surface area contributed by atoms with Gasteiger partial charge in [-0.05, 0) is 57.9 Å². The lowest BCUT2D eigenvalue weighted by Gasteiger charge is -2.23. The third-order valence-corrected chi connectivity index (χ3v) is 2.46. The summed E-state index contributed by atoms with van der Waals surface area (Å²) in [5.74, 6) is -0.954. The van der Waals surface area contributed by atoms with Crippen LogP contribution < -0.4 is 0 Å². The predicted octanol–water partition coefficient (Wildman–Crippen LogP) is 3.58. The van der Waals surface area contributed by atoms with E-state index in [4.69, 9.17) is 4.74 Å². The largest absolute Gasteiger partial charge is 0.460 e. The third kappa shape index (κ3) is 3.84. The standard InChI is InChI=1S/C14H19FO2/c1-9-8-11(15)6-7-12(9)10(2)13(16)17-14(3,4)5/h6-8,10H,1-5H3. The van der Waals surface area contributed by atoms with Crippen LogP contribution in [0, 0.1) is 12.7 Å². The van der Waals surface area contributed by atoms with Crippen molar-refractivity contribution in [3.8, 4) is 0 Å². The van der Waals surface area contributed by atoms with Gasteiger partial charge in [-0.1, -0.05) is 6.07 Å². The average molecular weight is 238 g/mol. The van der Waals surface area contributed by atoms with E-state index in [2.05, 4.69) is 0 Å². The van der Waals surface area contributed by atoms with Crippen molar-refractivity contribution >= 4 is 5.97 Å². The fourth-order valence-electron chi connectivity index (χ4n) is 1.64. The molecule has 0 spiro atoms. The Balaban J connectivity index is 2.89. The first-order chi connectivity index (χ1) is 7.70. The molecule has 0 amide bonds. The smallest absolute Gasteiger partial charge is 0.313 e. The van der Waals surface area contributed by atoms with Crippen LogP contribution in [0.2, 0.25) is 0 Å². The van der Waals surface area contributed by atoms with E-state index in [0.717, 1.165) is 11.1 Å². The normalized spacial score (nSPS) is 13.3. The van der Waals surface area contributed by atoms with Gasteiger partial charge in [0.15, 0.2) is 0 Å². The lowest BCUT2D eigenvalue weighted by atomic mass is 9.96. The summed E-state index contributed by atoms with van der Waals surface area (Å²) in [6.45, 7) is 9.05. The zero-order chi connectivity index (χ0) is 13.2. The Labute approximate surface area is 102 Å². The van der Waals surface area contributed by atoms with Crippen LogP contribution >= 0.6 is 0 Å². The first kappa shape index (κ1) is 13.7. The van der Waals surface area contributed by atoms with Crippen molar-refractivity contribution in [2.45, 2.75) is 46.1 Å². The molecule has 0 aliphatic rings. The molecule has 0 saturated carbocycles. The minimum absolute atomic E-state index is 0.285. The molecule has 17 heavy (non-hydrogen) atoms. The van der Waals surface area contributed by atoms with Gasteiger partial charge in [0.1, 0.15) is 11.4 Å². The van der Waals surface area contributed by atoms with E-state index in [1.807, 2.05) is 20.8 Å². The number of carbonyl (C=O) groups excluding carboxylic acids is 1. The number of esters is 1. The highest BCUT2D eigenvalue weighted by Crippen LogP contribution is 2.23. The van der Waals surface area contributed by atoms with Crippen molar-refractivity contribution in [2.75, 3.05) is 0 Å². The van der Waals surface area contributed by atoms with E-state index in [1.165, 1.54) is 12.1 Å². The van der Waals surface area contributed by atoms with Crippen LogP contribution in [0.4, 0.5) is 4.39 Å². The number of aryl methyl sites for hydroxylation is 1. The fraction of sp³-hybridized carbons (Fsp3) is 0.500. The van der Waals surface area contributed by atoms with Gasteiger partial charge in [0, 0.05) is 0 Å². The Kier molecular flexibility index (Phi) is 3.91. The molecule has 1 aromatic rings. The van der Waals surface area contributed by atoms with Gasteiger partial charge in [0.05, 0.1) is 5.92 Å². The quantitative estimate of drug-likeness (QED) is 0.736. The van der Waals surface area contributed by atoms with Crippen molar-refractivity contribution in [2.24, 2.45) is 0 Å². The Morgan fingerprint density at radius 2 is 1.94 bits per heavy atom. The summed E-state index contributed by atoms with van der Waals surface area (Å²) in [5, 5.41) is 0. The van der Waals surface area contributed by atoms with Gasteiger partial charge in [0.2, 0.25) is 0 Å². The molecule has 2 nitrogen and oxygen atoms in total. The predicted molar refractivity (Wildman–Crippen MR) is 65.4 cm³/mol. The van der Waals surface area contributed by atoms with Crippen LogP contribution in [0.15, 0.2) is 18.2 Å². The van der Waals surface area contributed by atoms with Crippen molar-refractivity contribution in [3.05, 3.63) is 35.1 Å². The zero-order valence-corrected chi connectivity index (χ0v) is 11.0. The van der Waals surface area contributed by atoms with Gasteiger partial charge in [-0.15, -0.1) is 0 Å². The van der Waals surface area contributed by atoms with Crippen molar-refractivity contribution in [3.63, 3.8) is 0 Å². The van der Waals surface area contributed by atoms with Crippen LogP contribution in [-0.2, 0) is 9.53 Å². The van der Waals surface area contributed by atoms with Crippen LogP contribution in [0.1, 0.15) is 44.7 Å². The second-order valence-corrected chi connectivity index (χ2v) is 5.26. The maximum absolute atomic E-state index is 13.0. The molecular formula is C14H19FO2. The SMILES string of the molecule is Cc1cc(F)ccc1C(C)C(=O)OC(C)(C)C. The van der Waals surface area contributed by atoms with E-state index in [9.17, 15) is 9.18 Å². The molecule has 0 aliphatic carbocycles. The Hall–Kier alpha value is -1.38. The van der Waals surface area contributed by atoms with Crippen molar-refractivity contribution < 1.29 is 13.9 Å². The number of halogens is 1. The van der Waals surface area contributed by atoms with Crippen molar-refractivity contribution in [1.82, 2.24) is 0 Å². The molecule has 0 radical (unpaired) electrons. The van der Waals surface area contributed by atoms with Crippen LogP contribution in [0.25, 0.3) is 0 Å². The second kappa shape index (κ2) is 4.86. The summed E-state index contributed by atoms with van der Waals surface area (Å²) < 4.78 is 18.3. The maximum atomic E-state index is 13.0. The molecule has 0 fully saturated rings. The molecule has 3 heteroatoms. The van der Waals surface area contributed by atoms with Gasteiger partial charge in [-0.2, -0.15) is 0 Å². The summed E-state index contributed by atoms with van der Waals surface area (Å²) in [4.78, 5) is 11.9. The minimum atomic E-state index is -0.501. The van der Waals surface area contributed by atoms with Crippen LogP contribution in [0.5, 0.6) is 0 Å². The highest BCUT2D eigenvalue weighted by atomic mass is 19.1. The summed E-state index contributed by atoms with van der Waals surface area (Å²) in [6.07, 6.45) is 0. The number of ether oxygens (including phenoxy) is 1. The topological polar surface area (TPSA) is 26.3 Å². The number of carbonyl (C=O) groups is 1. The van der Waals surface area contributed by atoms with Crippen LogP contribution in [0.3, 0.4) is 0 Å². The van der Waals surface area contributed by atoms with Gasteiger partial charge in [0.25, 0.3) is 0 Å². The first-order valence-electron chi connectivity index (χ1n) is 5.69. The summed E-state index contributed by atoms with van der Waals surface area (Å²) in [5.41, 5.74) is 1.07. The molecule has 1 rings (SSSR count). The first-order valence-corrected chi connectivity index (χ1v) is 5.69. The molecule has 0 aromatic heterocycles. The highest BCUT2D eigenvalue weighted by molar-refractivity contribution is 5.78. The molecule has 0 saturated heterocycles. The van der Waals surface area contributed by atoms with Crippen LogP contribution in [-0.4, -0.2) is 11.6 Å². The molecule has 1 aromatic carbocycles. The molecule has 0 N–H and O–H groups in total. The number of benzene rings is 1. The average Bonchev–Trinajstić information content (AvgIpc) is 2.14. The van der Waals surface area contributed by atoms with E-state index >= 15 is 0 Å². The fourth-order valence-corrected chi connectivity index (χ4v) is 1.64. The minimum Gasteiger partial charge on any atom is -0.460 e. The molecule has 94 valence electrons. The Morgan fingerprint density at radius 1 is 1.35 bits per heavy atom. The number of rotatable bonds is 2. The lowest BCUT2D eigenvalue weighted by molar-refractivity contribution is -0.156. The zero-order valence-electron chi connectivity index (χ0n) is 11.0. The lowest BCUT2D eigenvalue weighted by Crippen LogP contribution is -2.27. The van der Waals surface area contributed by atoms with E-state index in [-0.39, 0.29) is 17.7 Å². The number of hydrogen-bond donors (Lipinski definition) is 0. The summed E-state index contributed by atoms with van der Waals surface area (Å²) in [7, 11) is 0. The van der Waals surface area contributed by atoms with Gasteiger partial charge >= 0.3 is 5.97 Å². The monoisotopic (exact) mass is 238 g/mol.